The largest absolute Gasteiger partial charge is 0.509 e. The van der Waals surface area contributed by atoms with E-state index in [4.69, 9.17) is 16.3 Å². The van der Waals surface area contributed by atoms with Gasteiger partial charge in [0.15, 0.2) is 6.07 Å². The van der Waals surface area contributed by atoms with Crippen molar-refractivity contribution in [2.24, 2.45) is 0 Å². The highest BCUT2D eigenvalue weighted by Crippen LogP contribution is 2.06. The van der Waals surface area contributed by atoms with Crippen LogP contribution < -0.4 is 0 Å². The van der Waals surface area contributed by atoms with E-state index in [1.54, 1.807) is 0 Å². The fourth-order valence-corrected chi connectivity index (χ4v) is 1.12. The summed E-state index contributed by atoms with van der Waals surface area (Å²) in [7, 11) is 0. The lowest BCUT2D eigenvalue weighted by Crippen LogP contribution is -2.06. The van der Waals surface area contributed by atoms with Crippen LogP contribution in [0.4, 0.5) is 4.79 Å². The number of allylic oxidation sites excluding steroid dienone is 3. The van der Waals surface area contributed by atoms with Gasteiger partial charge >= 0.3 is 6.16 Å². The molecule has 0 heterocycles. The van der Waals surface area contributed by atoms with Crippen molar-refractivity contribution in [2.45, 2.75) is 33.6 Å². The maximum absolute atomic E-state index is 10.8. The van der Waals surface area contributed by atoms with Gasteiger partial charge in [0.2, 0.25) is 0 Å². The molecule has 0 aromatic carbocycles. The second-order valence-electron chi connectivity index (χ2n) is 3.69. The monoisotopic (exact) mass is 246 g/mol. The van der Waals surface area contributed by atoms with Gasteiger partial charge in [-0.1, -0.05) is 28.8 Å². The first-order valence-electron chi connectivity index (χ1n) is 5.20. The second-order valence-corrected chi connectivity index (χ2v) is 3.90. The molecule has 4 heteroatoms. The van der Waals surface area contributed by atoms with Crippen molar-refractivity contribution in [3.05, 3.63) is 23.3 Å². The lowest BCUT2D eigenvalue weighted by Gasteiger charge is -2.02. The molecule has 0 aliphatic heterocycles. The highest BCUT2D eigenvalue weighted by atomic mass is 35.5. The average molecular weight is 247 g/mol. The molecule has 3 nitrogen and oxygen atoms in total. The Bertz CT molecular complexity index is 265. The van der Waals surface area contributed by atoms with Gasteiger partial charge in [-0.2, -0.15) is 0 Å². The van der Waals surface area contributed by atoms with Gasteiger partial charge in [-0.25, -0.2) is 4.79 Å². The highest BCUT2D eigenvalue weighted by Gasteiger charge is 1.99. The molecular formula is C12H19ClO3. The summed E-state index contributed by atoms with van der Waals surface area (Å²) in [5, 5.41) is 0. The second kappa shape index (κ2) is 9.28. The topological polar surface area (TPSA) is 35.5 Å². The lowest BCUT2D eigenvalue weighted by atomic mass is 10.1. The van der Waals surface area contributed by atoms with E-state index in [9.17, 15) is 4.79 Å². The Morgan fingerprint density at radius 2 is 1.88 bits per heavy atom. The number of hydrogen-bond acceptors (Lipinski definition) is 3. The number of carbonyl (C=O) groups is 1. The van der Waals surface area contributed by atoms with Crippen LogP contribution in [0.2, 0.25) is 0 Å². The van der Waals surface area contributed by atoms with E-state index in [-0.39, 0.29) is 12.7 Å². The number of rotatable bonds is 6. The molecule has 0 saturated carbocycles. The highest BCUT2D eigenvalue weighted by molar-refractivity contribution is 6.17. The van der Waals surface area contributed by atoms with Crippen LogP contribution in [-0.4, -0.2) is 18.8 Å². The van der Waals surface area contributed by atoms with Crippen molar-refractivity contribution in [1.29, 1.82) is 0 Å². The quantitative estimate of drug-likeness (QED) is 0.403. The van der Waals surface area contributed by atoms with Crippen molar-refractivity contribution >= 4 is 17.8 Å². The maximum Gasteiger partial charge on any atom is 0.509 e. The minimum atomic E-state index is -0.733. The van der Waals surface area contributed by atoms with Crippen LogP contribution in [0.1, 0.15) is 33.6 Å². The minimum Gasteiger partial charge on any atom is -0.430 e. The zero-order valence-electron chi connectivity index (χ0n) is 10.1. The summed E-state index contributed by atoms with van der Waals surface area (Å²) in [6.45, 7) is 6.39. The Balaban J connectivity index is 3.70. The normalized spacial score (nSPS) is 10.9. The Hall–Kier alpha value is -0.960. The number of halogens is 1. The summed E-state index contributed by atoms with van der Waals surface area (Å²) in [4.78, 5) is 10.8. The molecular weight excluding hydrogens is 228 g/mol. The predicted molar refractivity (Wildman–Crippen MR) is 65.6 cm³/mol. The number of hydrogen-bond donors (Lipinski definition) is 0. The first-order chi connectivity index (χ1) is 7.56. The Morgan fingerprint density at radius 1 is 1.19 bits per heavy atom. The molecule has 0 aliphatic carbocycles. The van der Waals surface area contributed by atoms with E-state index in [1.165, 1.54) is 11.1 Å². The van der Waals surface area contributed by atoms with Gasteiger partial charge in [0.25, 0.3) is 0 Å². The first kappa shape index (κ1) is 15.0. The zero-order valence-corrected chi connectivity index (χ0v) is 10.8. The summed E-state index contributed by atoms with van der Waals surface area (Å²) in [6, 6.07) is -0.178. The van der Waals surface area contributed by atoms with Crippen LogP contribution in [0, 0.1) is 0 Å². The molecule has 0 fully saturated rings. The maximum atomic E-state index is 10.8. The average Bonchev–Trinajstić information content (AvgIpc) is 2.17. The molecule has 0 atom stereocenters. The van der Waals surface area contributed by atoms with E-state index >= 15 is 0 Å². The molecule has 0 aromatic heterocycles. The van der Waals surface area contributed by atoms with E-state index in [2.05, 4.69) is 24.7 Å². The first-order valence-corrected chi connectivity index (χ1v) is 5.74. The zero-order chi connectivity index (χ0) is 12.4. The van der Waals surface area contributed by atoms with E-state index in [0.717, 1.165) is 12.8 Å². The summed E-state index contributed by atoms with van der Waals surface area (Å²) >= 11 is 5.19. The number of ether oxygens (including phenoxy) is 2. The third-order valence-corrected chi connectivity index (χ3v) is 2.01. The lowest BCUT2D eigenvalue weighted by molar-refractivity contribution is 0.0764. The van der Waals surface area contributed by atoms with Crippen LogP contribution in [-0.2, 0) is 9.47 Å². The van der Waals surface area contributed by atoms with Crippen LogP contribution in [0.5, 0.6) is 0 Å². The molecule has 0 saturated heterocycles. The van der Waals surface area contributed by atoms with Crippen LogP contribution in [0.3, 0.4) is 0 Å². The summed E-state index contributed by atoms with van der Waals surface area (Å²) in [5.74, 6) is 0. The van der Waals surface area contributed by atoms with E-state index < -0.39 is 6.16 Å². The van der Waals surface area contributed by atoms with Gasteiger partial charge in [0, 0.05) is 0 Å². The van der Waals surface area contributed by atoms with Gasteiger partial charge in [-0.3, -0.25) is 0 Å². The smallest absolute Gasteiger partial charge is 0.430 e. The molecule has 92 valence electrons. The van der Waals surface area contributed by atoms with Crippen LogP contribution >= 0.6 is 11.6 Å². The van der Waals surface area contributed by atoms with Gasteiger partial charge in [0.05, 0.1) is 0 Å². The molecule has 0 amide bonds. The molecule has 0 aromatic rings. The van der Waals surface area contributed by atoms with Crippen molar-refractivity contribution in [1.82, 2.24) is 0 Å². The number of alkyl halides is 1. The van der Waals surface area contributed by atoms with Crippen LogP contribution in [0.25, 0.3) is 0 Å². The molecule has 0 aliphatic rings. The third-order valence-electron chi connectivity index (χ3n) is 1.90. The third kappa shape index (κ3) is 9.59. The Morgan fingerprint density at radius 3 is 2.44 bits per heavy atom. The molecule has 0 bridgehead atoms. The molecule has 16 heavy (non-hydrogen) atoms. The summed E-state index contributed by atoms with van der Waals surface area (Å²) in [5.41, 5.74) is 2.51. The van der Waals surface area contributed by atoms with Crippen molar-refractivity contribution in [3.8, 4) is 0 Å². The molecule has 0 rings (SSSR count). The van der Waals surface area contributed by atoms with E-state index in [1.807, 2.05) is 13.0 Å². The summed E-state index contributed by atoms with van der Waals surface area (Å²) < 4.78 is 9.14. The Kier molecular flexibility index (Phi) is 8.72. The predicted octanol–water partition coefficient (Wildman–Crippen LogP) is 4.03. The molecule has 0 unspecified atom stereocenters. The molecule has 0 radical (unpaired) electrons. The molecule has 0 N–H and O–H groups in total. The van der Waals surface area contributed by atoms with Gasteiger partial charge in [0.1, 0.15) is 6.61 Å². The SMILES string of the molecule is CC(C)=CCCC(C)=CCOC(=O)OCCl. The van der Waals surface area contributed by atoms with Gasteiger partial charge < -0.3 is 9.47 Å². The minimum absolute atomic E-state index is 0.178. The molecule has 0 spiro atoms. The van der Waals surface area contributed by atoms with Crippen molar-refractivity contribution in [2.75, 3.05) is 12.7 Å². The Labute approximate surface area is 102 Å². The van der Waals surface area contributed by atoms with E-state index in [0.29, 0.717) is 0 Å². The fraction of sp³-hybridized carbons (Fsp3) is 0.583. The van der Waals surface area contributed by atoms with Crippen molar-refractivity contribution < 1.29 is 14.3 Å². The van der Waals surface area contributed by atoms with Gasteiger partial charge in [-0.05, 0) is 39.7 Å². The van der Waals surface area contributed by atoms with Crippen LogP contribution in [0.15, 0.2) is 23.3 Å². The standard InChI is InChI=1S/C12H19ClO3/c1-10(2)5-4-6-11(3)7-8-15-12(14)16-9-13/h5,7H,4,6,8-9H2,1-3H3. The fourth-order valence-electron chi connectivity index (χ4n) is 1.03. The van der Waals surface area contributed by atoms with Crippen molar-refractivity contribution in [3.63, 3.8) is 0 Å². The summed E-state index contributed by atoms with van der Waals surface area (Å²) in [6.07, 6.45) is 5.30. The van der Waals surface area contributed by atoms with Gasteiger partial charge in [-0.15, -0.1) is 0 Å². The number of carbonyl (C=O) groups excluding carboxylic acids is 1.